The van der Waals surface area contributed by atoms with Crippen molar-refractivity contribution in [3.8, 4) is 11.5 Å². The second-order valence-corrected chi connectivity index (χ2v) is 7.59. The molecule has 0 bridgehead atoms. The molecule has 6 heteroatoms. The normalized spacial score (nSPS) is 14.1. The molecule has 0 atom stereocenters. The smallest absolute Gasteiger partial charge is 0.226 e. The number of aryl methyl sites for hydroxylation is 3. The average molecular weight is 375 g/mol. The molecule has 1 aliphatic carbocycles. The molecular weight excluding hydrogens is 348 g/mol. The quantitative estimate of drug-likeness (QED) is 0.814. The van der Waals surface area contributed by atoms with Crippen molar-refractivity contribution in [3.05, 3.63) is 34.3 Å². The fraction of sp³-hybridized carbons (Fsp3) is 0.500. The van der Waals surface area contributed by atoms with Gasteiger partial charge in [-0.3, -0.25) is 4.79 Å². The van der Waals surface area contributed by atoms with E-state index < -0.39 is 0 Å². The van der Waals surface area contributed by atoms with E-state index in [9.17, 15) is 4.79 Å². The summed E-state index contributed by atoms with van der Waals surface area (Å²) in [5, 5.41) is 3.71. The van der Waals surface area contributed by atoms with Gasteiger partial charge in [-0.05, 0) is 43.7 Å². The lowest BCUT2D eigenvalue weighted by molar-refractivity contribution is -0.116. The van der Waals surface area contributed by atoms with Crippen molar-refractivity contribution >= 4 is 22.4 Å². The van der Waals surface area contributed by atoms with Crippen LogP contribution < -0.4 is 14.8 Å². The summed E-state index contributed by atoms with van der Waals surface area (Å²) < 4.78 is 10.7. The molecule has 0 unspecified atom stereocenters. The highest BCUT2D eigenvalue weighted by Crippen LogP contribution is 2.32. The molecule has 0 saturated carbocycles. The number of anilines is 1. The zero-order valence-corrected chi connectivity index (χ0v) is 16.3. The summed E-state index contributed by atoms with van der Waals surface area (Å²) in [5.74, 6) is 1.36. The Hall–Kier alpha value is -2.08. The predicted molar refractivity (Wildman–Crippen MR) is 104 cm³/mol. The lowest BCUT2D eigenvalue weighted by atomic mass is 10.0. The standard InChI is InChI=1S/C20H26N2O3S/c1-24-16-10-7-8-14(19(16)25-2)12-13-18(23)22-20-21-15-9-5-3-4-6-11-17(15)26-20/h7-8,10H,3-6,9,11-13H2,1-2H3,(H,21,22,23). The van der Waals surface area contributed by atoms with E-state index in [4.69, 9.17) is 9.47 Å². The number of aromatic nitrogens is 1. The van der Waals surface area contributed by atoms with Crippen LogP contribution in [-0.2, 0) is 24.1 Å². The highest BCUT2D eigenvalue weighted by molar-refractivity contribution is 7.15. The van der Waals surface area contributed by atoms with Gasteiger partial charge in [0.25, 0.3) is 0 Å². The minimum absolute atomic E-state index is 0.0170. The Morgan fingerprint density at radius 2 is 1.96 bits per heavy atom. The maximum absolute atomic E-state index is 12.4. The summed E-state index contributed by atoms with van der Waals surface area (Å²) >= 11 is 1.63. The number of benzene rings is 1. The van der Waals surface area contributed by atoms with Crippen LogP contribution in [0, 0.1) is 0 Å². The fourth-order valence-electron chi connectivity index (χ4n) is 3.34. The SMILES string of the molecule is COc1cccc(CCC(=O)Nc2nc3c(s2)CCCCCC3)c1OC. The number of hydrogen-bond acceptors (Lipinski definition) is 5. The molecule has 0 fully saturated rings. The Kier molecular flexibility index (Phi) is 6.50. The number of fused-ring (bicyclic) bond motifs is 1. The van der Waals surface area contributed by atoms with Crippen molar-refractivity contribution in [2.24, 2.45) is 0 Å². The third-order valence-corrected chi connectivity index (χ3v) is 5.77. The summed E-state index contributed by atoms with van der Waals surface area (Å²) in [6, 6.07) is 5.73. The third-order valence-electron chi connectivity index (χ3n) is 4.70. The topological polar surface area (TPSA) is 60.5 Å². The number of thiazole rings is 1. The maximum atomic E-state index is 12.4. The molecule has 3 rings (SSSR count). The molecular formula is C20H26N2O3S. The Balaban J connectivity index is 1.60. The summed E-state index contributed by atoms with van der Waals surface area (Å²) in [5.41, 5.74) is 2.15. The molecule has 1 heterocycles. The summed E-state index contributed by atoms with van der Waals surface area (Å²) in [6.07, 6.45) is 8.08. The van der Waals surface area contributed by atoms with Crippen molar-refractivity contribution in [2.45, 2.75) is 51.4 Å². The van der Waals surface area contributed by atoms with Crippen molar-refractivity contribution in [3.63, 3.8) is 0 Å². The zero-order valence-electron chi connectivity index (χ0n) is 15.5. The van der Waals surface area contributed by atoms with Gasteiger partial charge in [0.15, 0.2) is 16.6 Å². The number of ether oxygens (including phenoxy) is 2. The molecule has 0 spiro atoms. The number of rotatable bonds is 6. The van der Waals surface area contributed by atoms with Crippen LogP contribution in [0.25, 0.3) is 0 Å². The van der Waals surface area contributed by atoms with E-state index in [0.29, 0.717) is 24.3 Å². The fourth-order valence-corrected chi connectivity index (χ4v) is 4.41. The van der Waals surface area contributed by atoms with Crippen LogP contribution in [0.15, 0.2) is 18.2 Å². The molecule has 0 radical (unpaired) electrons. The number of nitrogens with one attached hydrogen (secondary N) is 1. The summed E-state index contributed by atoms with van der Waals surface area (Å²) in [6.45, 7) is 0. The lowest BCUT2D eigenvalue weighted by Crippen LogP contribution is -2.12. The van der Waals surface area contributed by atoms with Gasteiger partial charge in [0.05, 0.1) is 19.9 Å². The van der Waals surface area contributed by atoms with Gasteiger partial charge in [-0.25, -0.2) is 4.98 Å². The van der Waals surface area contributed by atoms with Crippen LogP contribution in [0.1, 0.15) is 48.2 Å². The Morgan fingerprint density at radius 1 is 1.15 bits per heavy atom. The van der Waals surface area contributed by atoms with Crippen LogP contribution >= 0.6 is 11.3 Å². The molecule has 1 aliphatic rings. The summed E-state index contributed by atoms with van der Waals surface area (Å²) in [7, 11) is 3.23. The molecule has 5 nitrogen and oxygen atoms in total. The van der Waals surface area contributed by atoms with E-state index in [1.807, 2.05) is 18.2 Å². The minimum atomic E-state index is -0.0170. The number of amides is 1. The van der Waals surface area contributed by atoms with E-state index in [0.717, 1.165) is 23.5 Å². The van der Waals surface area contributed by atoms with Gasteiger partial charge < -0.3 is 14.8 Å². The predicted octanol–water partition coefficient (Wildman–Crippen LogP) is 4.39. The van der Waals surface area contributed by atoms with Crippen molar-refractivity contribution in [2.75, 3.05) is 19.5 Å². The number of para-hydroxylation sites is 1. The second kappa shape index (κ2) is 9.03. The molecule has 2 aromatic rings. The second-order valence-electron chi connectivity index (χ2n) is 6.50. The van der Waals surface area contributed by atoms with Gasteiger partial charge >= 0.3 is 0 Å². The van der Waals surface area contributed by atoms with E-state index in [1.165, 1.54) is 36.3 Å². The lowest BCUT2D eigenvalue weighted by Gasteiger charge is -2.12. The number of methoxy groups -OCH3 is 2. The Morgan fingerprint density at radius 3 is 2.73 bits per heavy atom. The van der Waals surface area contributed by atoms with E-state index >= 15 is 0 Å². The van der Waals surface area contributed by atoms with Crippen LogP contribution in [0.3, 0.4) is 0 Å². The monoisotopic (exact) mass is 374 g/mol. The van der Waals surface area contributed by atoms with Crippen LogP contribution in [-0.4, -0.2) is 25.1 Å². The van der Waals surface area contributed by atoms with Crippen LogP contribution in [0.5, 0.6) is 11.5 Å². The van der Waals surface area contributed by atoms with Gasteiger partial charge in [-0.1, -0.05) is 25.0 Å². The molecule has 1 amide bonds. The van der Waals surface area contributed by atoms with Crippen molar-refractivity contribution < 1.29 is 14.3 Å². The van der Waals surface area contributed by atoms with Gasteiger partial charge in [0.1, 0.15) is 0 Å². The number of hydrogen-bond donors (Lipinski definition) is 1. The highest BCUT2D eigenvalue weighted by atomic mass is 32.1. The number of carbonyl (C=O) groups excluding carboxylic acids is 1. The van der Waals surface area contributed by atoms with Gasteiger partial charge in [0, 0.05) is 11.3 Å². The van der Waals surface area contributed by atoms with Gasteiger partial charge in [-0.2, -0.15) is 0 Å². The Labute approximate surface area is 158 Å². The first-order chi connectivity index (χ1) is 12.7. The van der Waals surface area contributed by atoms with Crippen molar-refractivity contribution in [1.82, 2.24) is 4.98 Å². The number of nitrogens with zero attached hydrogens (tertiary/aromatic N) is 1. The molecule has 1 aromatic carbocycles. The molecule has 0 aliphatic heterocycles. The van der Waals surface area contributed by atoms with Gasteiger partial charge in [0.2, 0.25) is 5.91 Å². The first-order valence-corrected chi connectivity index (χ1v) is 10.0. The molecule has 140 valence electrons. The largest absolute Gasteiger partial charge is 0.493 e. The maximum Gasteiger partial charge on any atom is 0.226 e. The number of carbonyl (C=O) groups is 1. The van der Waals surface area contributed by atoms with E-state index in [-0.39, 0.29) is 5.91 Å². The third kappa shape index (κ3) is 4.55. The first-order valence-electron chi connectivity index (χ1n) is 9.19. The molecule has 0 saturated heterocycles. The molecule has 1 aromatic heterocycles. The molecule has 1 N–H and O–H groups in total. The van der Waals surface area contributed by atoms with Crippen LogP contribution in [0.4, 0.5) is 5.13 Å². The summed E-state index contributed by atoms with van der Waals surface area (Å²) in [4.78, 5) is 18.4. The Bertz CT molecular complexity index is 732. The van der Waals surface area contributed by atoms with E-state index in [1.54, 1.807) is 25.6 Å². The molecule has 26 heavy (non-hydrogen) atoms. The minimum Gasteiger partial charge on any atom is -0.493 e. The van der Waals surface area contributed by atoms with Gasteiger partial charge in [-0.15, -0.1) is 11.3 Å². The first kappa shape index (κ1) is 18.7. The average Bonchev–Trinajstić information content (AvgIpc) is 2.99. The van der Waals surface area contributed by atoms with E-state index in [2.05, 4.69) is 10.3 Å². The zero-order chi connectivity index (χ0) is 18.4. The highest BCUT2D eigenvalue weighted by Gasteiger charge is 2.16. The van der Waals surface area contributed by atoms with Crippen molar-refractivity contribution in [1.29, 1.82) is 0 Å². The van der Waals surface area contributed by atoms with Crippen LogP contribution in [0.2, 0.25) is 0 Å².